The fraction of sp³-hybridized carbons (Fsp3) is 0.294. The number of hydrogen-bond acceptors (Lipinski definition) is 4. The Morgan fingerprint density at radius 1 is 1.21 bits per heavy atom. The number of hydrogen-bond donors (Lipinski definition) is 1. The first-order valence-corrected chi connectivity index (χ1v) is 8.39. The molecule has 1 fully saturated rings. The predicted molar refractivity (Wildman–Crippen MR) is 93.5 cm³/mol. The predicted octanol–water partition coefficient (Wildman–Crippen LogP) is 3.05. The standard InChI is InChI=1S/C17H17Cl2N3O2/c18-13-8-14(19)16(15(23)9-13)17(24)22-6-4-21(5-7-22)11-12-2-1-3-20-10-12/h1-3,8-10,23H,4-7,11H2. The Kier molecular flexibility index (Phi) is 5.23. The maximum Gasteiger partial charge on any atom is 0.259 e. The Balaban J connectivity index is 1.63. The molecule has 126 valence electrons. The molecule has 0 spiro atoms. The van der Waals surface area contributed by atoms with Crippen LogP contribution in [0.15, 0.2) is 36.7 Å². The summed E-state index contributed by atoms with van der Waals surface area (Å²) >= 11 is 11.9. The lowest BCUT2D eigenvalue weighted by atomic mass is 10.1. The molecule has 3 rings (SSSR count). The maximum atomic E-state index is 12.6. The van der Waals surface area contributed by atoms with Crippen molar-refractivity contribution in [2.24, 2.45) is 0 Å². The average Bonchev–Trinajstić information content (AvgIpc) is 2.55. The van der Waals surface area contributed by atoms with Crippen molar-refractivity contribution in [2.45, 2.75) is 6.54 Å². The molecule has 0 radical (unpaired) electrons. The number of phenols is 1. The number of carbonyl (C=O) groups is 1. The molecule has 0 unspecified atom stereocenters. The van der Waals surface area contributed by atoms with Gasteiger partial charge in [0.05, 0.1) is 10.6 Å². The van der Waals surface area contributed by atoms with Crippen LogP contribution in [0.2, 0.25) is 10.0 Å². The molecule has 1 saturated heterocycles. The zero-order chi connectivity index (χ0) is 17.1. The van der Waals surface area contributed by atoms with E-state index in [2.05, 4.69) is 9.88 Å². The number of aromatic hydroxyl groups is 1. The van der Waals surface area contributed by atoms with E-state index in [0.29, 0.717) is 18.1 Å². The van der Waals surface area contributed by atoms with Crippen LogP contribution >= 0.6 is 23.2 Å². The molecule has 0 atom stereocenters. The minimum Gasteiger partial charge on any atom is -0.507 e. The van der Waals surface area contributed by atoms with Gasteiger partial charge < -0.3 is 10.0 Å². The van der Waals surface area contributed by atoms with E-state index in [4.69, 9.17) is 23.2 Å². The average molecular weight is 366 g/mol. The summed E-state index contributed by atoms with van der Waals surface area (Å²) < 4.78 is 0. The Morgan fingerprint density at radius 2 is 1.96 bits per heavy atom. The van der Waals surface area contributed by atoms with E-state index in [1.54, 1.807) is 11.1 Å². The molecule has 0 aliphatic carbocycles. The van der Waals surface area contributed by atoms with Crippen molar-refractivity contribution in [1.82, 2.24) is 14.8 Å². The van der Waals surface area contributed by atoms with Gasteiger partial charge in [-0.25, -0.2) is 0 Å². The summed E-state index contributed by atoms with van der Waals surface area (Å²) in [5.41, 5.74) is 1.26. The highest BCUT2D eigenvalue weighted by atomic mass is 35.5. The van der Waals surface area contributed by atoms with Crippen LogP contribution in [0, 0.1) is 0 Å². The molecule has 1 aromatic carbocycles. The number of carbonyl (C=O) groups excluding carboxylic acids is 1. The van der Waals surface area contributed by atoms with Gasteiger partial charge in [0.1, 0.15) is 5.75 Å². The molecule has 2 aromatic rings. The van der Waals surface area contributed by atoms with E-state index in [1.807, 2.05) is 18.3 Å². The SMILES string of the molecule is O=C(c1c(O)cc(Cl)cc1Cl)N1CCN(Cc2cccnc2)CC1. The number of rotatable bonds is 3. The lowest BCUT2D eigenvalue weighted by Crippen LogP contribution is -2.48. The van der Waals surface area contributed by atoms with Crippen LogP contribution in [0.5, 0.6) is 5.75 Å². The van der Waals surface area contributed by atoms with Crippen LogP contribution in [0.25, 0.3) is 0 Å². The summed E-state index contributed by atoms with van der Waals surface area (Å²) in [6.45, 7) is 3.48. The number of aromatic nitrogens is 1. The fourth-order valence-corrected chi connectivity index (χ4v) is 3.35. The van der Waals surface area contributed by atoms with Gasteiger partial charge in [0.15, 0.2) is 0 Å². The Hall–Kier alpha value is -1.82. The van der Waals surface area contributed by atoms with Crippen LogP contribution in [0.1, 0.15) is 15.9 Å². The second-order valence-corrected chi connectivity index (χ2v) is 6.55. The van der Waals surface area contributed by atoms with Crippen LogP contribution in [0.3, 0.4) is 0 Å². The number of nitrogens with zero attached hydrogens (tertiary/aromatic N) is 3. The van der Waals surface area contributed by atoms with Crippen LogP contribution < -0.4 is 0 Å². The molecule has 1 amide bonds. The van der Waals surface area contributed by atoms with Gasteiger partial charge in [0.2, 0.25) is 0 Å². The quantitative estimate of drug-likeness (QED) is 0.907. The molecule has 5 nitrogen and oxygen atoms in total. The van der Waals surface area contributed by atoms with Crippen molar-refractivity contribution in [3.63, 3.8) is 0 Å². The second-order valence-electron chi connectivity index (χ2n) is 5.71. The number of benzene rings is 1. The van der Waals surface area contributed by atoms with Crippen molar-refractivity contribution in [1.29, 1.82) is 0 Å². The highest BCUT2D eigenvalue weighted by Crippen LogP contribution is 2.31. The van der Waals surface area contributed by atoms with Crippen LogP contribution in [-0.4, -0.2) is 52.0 Å². The highest BCUT2D eigenvalue weighted by Gasteiger charge is 2.26. The summed E-state index contributed by atoms with van der Waals surface area (Å²) in [7, 11) is 0. The van der Waals surface area contributed by atoms with Crippen LogP contribution in [-0.2, 0) is 6.54 Å². The normalized spacial score (nSPS) is 15.5. The summed E-state index contributed by atoms with van der Waals surface area (Å²) in [6.07, 6.45) is 3.60. The second kappa shape index (κ2) is 7.38. The number of amides is 1. The van der Waals surface area contributed by atoms with Gasteiger partial charge in [-0.1, -0.05) is 29.3 Å². The summed E-state index contributed by atoms with van der Waals surface area (Å²) in [6, 6.07) is 6.75. The number of piperazine rings is 1. The lowest BCUT2D eigenvalue weighted by molar-refractivity contribution is 0.0625. The zero-order valence-electron chi connectivity index (χ0n) is 13.0. The Morgan fingerprint density at radius 3 is 2.58 bits per heavy atom. The molecule has 1 aromatic heterocycles. The fourth-order valence-electron chi connectivity index (χ4n) is 2.79. The van der Waals surface area contributed by atoms with E-state index in [9.17, 15) is 9.90 Å². The molecular weight excluding hydrogens is 349 g/mol. The highest BCUT2D eigenvalue weighted by molar-refractivity contribution is 6.37. The van der Waals surface area contributed by atoms with E-state index < -0.39 is 0 Å². The molecule has 0 saturated carbocycles. The van der Waals surface area contributed by atoms with Crippen molar-refractivity contribution in [3.8, 4) is 5.75 Å². The van der Waals surface area contributed by atoms with E-state index in [-0.39, 0.29) is 22.2 Å². The molecule has 24 heavy (non-hydrogen) atoms. The number of halogens is 2. The van der Waals surface area contributed by atoms with E-state index >= 15 is 0 Å². The first-order valence-electron chi connectivity index (χ1n) is 7.63. The van der Waals surface area contributed by atoms with Gasteiger partial charge in [0.25, 0.3) is 5.91 Å². The zero-order valence-corrected chi connectivity index (χ0v) is 14.5. The van der Waals surface area contributed by atoms with Crippen LogP contribution in [0.4, 0.5) is 0 Å². The third-order valence-electron chi connectivity index (χ3n) is 4.04. The van der Waals surface area contributed by atoms with Crippen molar-refractivity contribution in [3.05, 3.63) is 57.8 Å². The first-order chi connectivity index (χ1) is 11.5. The van der Waals surface area contributed by atoms with Gasteiger partial charge in [-0.15, -0.1) is 0 Å². The van der Waals surface area contributed by atoms with Crippen molar-refractivity contribution >= 4 is 29.1 Å². The molecule has 7 heteroatoms. The molecule has 2 heterocycles. The van der Waals surface area contributed by atoms with E-state index in [0.717, 1.165) is 25.2 Å². The lowest BCUT2D eigenvalue weighted by Gasteiger charge is -2.35. The van der Waals surface area contributed by atoms with Gasteiger partial charge >= 0.3 is 0 Å². The minimum absolute atomic E-state index is 0.113. The smallest absolute Gasteiger partial charge is 0.259 e. The van der Waals surface area contributed by atoms with Gasteiger partial charge in [-0.2, -0.15) is 0 Å². The molecule has 0 bridgehead atoms. The van der Waals surface area contributed by atoms with E-state index in [1.165, 1.54) is 12.1 Å². The van der Waals surface area contributed by atoms with Gasteiger partial charge in [0, 0.05) is 50.1 Å². The largest absolute Gasteiger partial charge is 0.507 e. The van der Waals surface area contributed by atoms with Crippen molar-refractivity contribution < 1.29 is 9.90 Å². The minimum atomic E-state index is -0.268. The van der Waals surface area contributed by atoms with Gasteiger partial charge in [-0.05, 0) is 23.8 Å². The summed E-state index contributed by atoms with van der Waals surface area (Å²) in [5.74, 6) is -0.453. The maximum absolute atomic E-state index is 12.6. The monoisotopic (exact) mass is 365 g/mol. The molecule has 1 aliphatic heterocycles. The molecular formula is C17H17Cl2N3O2. The third kappa shape index (κ3) is 3.80. The molecule has 1 aliphatic rings. The summed E-state index contributed by atoms with van der Waals surface area (Å²) in [5, 5.41) is 10.5. The number of phenolic OH excluding ortho intramolecular Hbond substituents is 1. The number of pyridine rings is 1. The first kappa shape index (κ1) is 17.0. The Labute approximate surface area is 150 Å². The summed E-state index contributed by atoms with van der Waals surface area (Å²) in [4.78, 5) is 20.7. The topological polar surface area (TPSA) is 56.7 Å². The van der Waals surface area contributed by atoms with Gasteiger partial charge in [-0.3, -0.25) is 14.7 Å². The van der Waals surface area contributed by atoms with Crippen molar-refractivity contribution in [2.75, 3.05) is 26.2 Å². The Bertz CT molecular complexity index is 709. The molecule has 1 N–H and O–H groups in total. The third-order valence-corrected chi connectivity index (χ3v) is 4.55.